The number of imidazole rings is 1. The second-order valence-corrected chi connectivity index (χ2v) is 7.37. The van der Waals surface area contributed by atoms with E-state index in [2.05, 4.69) is 25.8 Å². The third-order valence-corrected chi connectivity index (χ3v) is 4.78. The van der Waals surface area contributed by atoms with Crippen molar-refractivity contribution in [2.24, 2.45) is 0 Å². The number of hydrogen-bond donors (Lipinski definition) is 2. The van der Waals surface area contributed by atoms with E-state index < -0.39 is 24.9 Å². The van der Waals surface area contributed by atoms with Gasteiger partial charge in [-0.1, -0.05) is 0 Å². The second-order valence-electron chi connectivity index (χ2n) is 7.37. The third kappa shape index (κ3) is 5.38. The van der Waals surface area contributed by atoms with Crippen LogP contribution >= 0.6 is 0 Å². The van der Waals surface area contributed by atoms with Gasteiger partial charge in [0, 0.05) is 19.2 Å². The summed E-state index contributed by atoms with van der Waals surface area (Å²) in [5.74, 6) is -0.925. The summed E-state index contributed by atoms with van der Waals surface area (Å²) in [6.07, 6.45) is 0.659. The van der Waals surface area contributed by atoms with Crippen LogP contribution in [0.2, 0.25) is 0 Å². The van der Waals surface area contributed by atoms with Crippen LogP contribution in [0.1, 0.15) is 53.5 Å². The van der Waals surface area contributed by atoms with Gasteiger partial charge in [-0.25, -0.2) is 9.50 Å². The molecule has 0 bridgehead atoms. The molecule has 0 radical (unpaired) electrons. The minimum Gasteiger partial charge on any atom is -0.352 e. The zero-order valence-corrected chi connectivity index (χ0v) is 16.4. The molecule has 2 amide bonds. The molecule has 31 heavy (non-hydrogen) atoms. The molecule has 0 unspecified atom stereocenters. The maximum absolute atomic E-state index is 12.4. The summed E-state index contributed by atoms with van der Waals surface area (Å²) in [6.45, 7) is 0.242. The fourth-order valence-corrected chi connectivity index (χ4v) is 3.06. The maximum Gasteiger partial charge on any atom is 0.389 e. The molecule has 4 rings (SSSR count). The maximum atomic E-state index is 12.4. The van der Waals surface area contributed by atoms with Crippen LogP contribution in [0.5, 0.6) is 0 Å². The van der Waals surface area contributed by atoms with E-state index in [-0.39, 0.29) is 19.0 Å². The summed E-state index contributed by atoms with van der Waals surface area (Å²) in [4.78, 5) is 28.4. The van der Waals surface area contributed by atoms with Gasteiger partial charge >= 0.3 is 6.18 Å². The van der Waals surface area contributed by atoms with E-state index in [1.165, 1.54) is 10.7 Å². The molecule has 0 atom stereocenters. The van der Waals surface area contributed by atoms with Crippen molar-refractivity contribution in [1.29, 1.82) is 0 Å². The summed E-state index contributed by atoms with van der Waals surface area (Å²) in [7, 11) is 0. The number of fused-ring (bicyclic) bond motifs is 1. The molecule has 164 valence electrons. The zero-order valence-electron chi connectivity index (χ0n) is 16.4. The van der Waals surface area contributed by atoms with Crippen LogP contribution < -0.4 is 10.6 Å². The highest BCUT2D eigenvalue weighted by molar-refractivity contribution is 5.92. The van der Waals surface area contributed by atoms with E-state index in [1.54, 1.807) is 29.2 Å². The van der Waals surface area contributed by atoms with Crippen molar-refractivity contribution in [1.82, 2.24) is 35.0 Å². The van der Waals surface area contributed by atoms with Crippen molar-refractivity contribution in [3.8, 4) is 0 Å². The molecule has 3 aromatic heterocycles. The first-order chi connectivity index (χ1) is 14.8. The van der Waals surface area contributed by atoms with Gasteiger partial charge < -0.3 is 10.6 Å². The standard InChI is InChI=1S/C19H20F3N7O2/c20-19(21,22)5-3-17(30)23-8-12-7-16-27-13(11-28(16)26-9-12)10-24-18(31)15-4-6-25-29(15)14-1-2-14/h4,6-7,9,11,14H,1-3,5,8,10H2,(H,23,30)(H,24,31). The Morgan fingerprint density at radius 2 is 1.97 bits per heavy atom. The average Bonchev–Trinajstić information content (AvgIpc) is 3.30. The molecular formula is C19H20F3N7O2. The Bertz CT molecular complexity index is 1100. The topological polar surface area (TPSA) is 106 Å². The van der Waals surface area contributed by atoms with Gasteiger partial charge in [0.25, 0.3) is 5.91 Å². The van der Waals surface area contributed by atoms with Gasteiger partial charge in [0.2, 0.25) is 5.91 Å². The Morgan fingerprint density at radius 3 is 2.71 bits per heavy atom. The quantitative estimate of drug-likeness (QED) is 0.564. The number of carbonyl (C=O) groups excluding carboxylic acids is 2. The number of nitrogens with zero attached hydrogens (tertiary/aromatic N) is 5. The van der Waals surface area contributed by atoms with Crippen molar-refractivity contribution in [3.05, 3.63) is 47.7 Å². The van der Waals surface area contributed by atoms with Crippen LogP contribution in [0.4, 0.5) is 13.2 Å². The Kier molecular flexibility index (Phi) is 5.61. The molecule has 3 heterocycles. The van der Waals surface area contributed by atoms with Crippen molar-refractivity contribution < 1.29 is 22.8 Å². The first-order valence-corrected chi connectivity index (χ1v) is 9.77. The minimum absolute atomic E-state index is 0.0459. The molecule has 0 saturated heterocycles. The SMILES string of the molecule is O=C(CCC(F)(F)F)NCc1cnn2cc(CNC(=O)c3ccnn3C3CC3)nc2c1. The summed E-state index contributed by atoms with van der Waals surface area (Å²) >= 11 is 0. The van der Waals surface area contributed by atoms with Crippen molar-refractivity contribution >= 4 is 17.5 Å². The number of carbonyl (C=O) groups is 2. The largest absolute Gasteiger partial charge is 0.389 e. The number of amides is 2. The van der Waals surface area contributed by atoms with E-state index in [0.717, 1.165) is 12.8 Å². The molecule has 2 N–H and O–H groups in total. The monoisotopic (exact) mass is 435 g/mol. The van der Waals surface area contributed by atoms with E-state index in [0.29, 0.717) is 28.6 Å². The number of hydrogen-bond acceptors (Lipinski definition) is 5. The highest BCUT2D eigenvalue weighted by Crippen LogP contribution is 2.35. The van der Waals surface area contributed by atoms with E-state index in [4.69, 9.17) is 0 Å². The number of alkyl halides is 3. The molecule has 12 heteroatoms. The van der Waals surface area contributed by atoms with Gasteiger partial charge in [-0.15, -0.1) is 0 Å². The first kappa shape index (κ1) is 20.8. The summed E-state index contributed by atoms with van der Waals surface area (Å²) in [5, 5.41) is 13.6. The third-order valence-electron chi connectivity index (χ3n) is 4.78. The molecule has 1 aliphatic carbocycles. The van der Waals surface area contributed by atoms with Crippen LogP contribution in [0.3, 0.4) is 0 Å². The van der Waals surface area contributed by atoms with Crippen LogP contribution in [-0.2, 0) is 17.9 Å². The highest BCUT2D eigenvalue weighted by Gasteiger charge is 2.28. The van der Waals surface area contributed by atoms with Gasteiger partial charge in [0.1, 0.15) is 5.69 Å². The fourth-order valence-electron chi connectivity index (χ4n) is 3.06. The molecule has 0 aromatic carbocycles. The molecule has 1 fully saturated rings. The van der Waals surface area contributed by atoms with E-state index in [9.17, 15) is 22.8 Å². The lowest BCUT2D eigenvalue weighted by Gasteiger charge is -2.07. The summed E-state index contributed by atoms with van der Waals surface area (Å²) in [5.41, 5.74) is 2.19. The van der Waals surface area contributed by atoms with Crippen LogP contribution in [0.15, 0.2) is 30.7 Å². The Labute approximate surface area is 174 Å². The van der Waals surface area contributed by atoms with Gasteiger partial charge in [-0.3, -0.25) is 14.3 Å². The van der Waals surface area contributed by atoms with Crippen molar-refractivity contribution in [2.45, 2.75) is 51.0 Å². The predicted octanol–water partition coefficient (Wildman–Crippen LogP) is 2.15. The Hall–Kier alpha value is -3.44. The molecular weight excluding hydrogens is 415 g/mol. The molecule has 0 aliphatic heterocycles. The molecule has 9 nitrogen and oxygen atoms in total. The summed E-state index contributed by atoms with van der Waals surface area (Å²) in [6, 6.07) is 3.64. The Morgan fingerprint density at radius 1 is 1.16 bits per heavy atom. The average molecular weight is 435 g/mol. The molecule has 3 aromatic rings. The van der Waals surface area contributed by atoms with Gasteiger partial charge in [-0.05, 0) is 30.5 Å². The number of nitrogens with one attached hydrogen (secondary N) is 2. The lowest BCUT2D eigenvalue weighted by molar-refractivity contribution is -0.144. The summed E-state index contributed by atoms with van der Waals surface area (Å²) < 4.78 is 39.8. The number of halogens is 3. The van der Waals surface area contributed by atoms with Crippen molar-refractivity contribution in [2.75, 3.05) is 0 Å². The lowest BCUT2D eigenvalue weighted by Crippen LogP contribution is -2.25. The second kappa shape index (κ2) is 8.36. The molecule has 0 spiro atoms. The molecule has 1 saturated carbocycles. The smallest absolute Gasteiger partial charge is 0.352 e. The molecule has 1 aliphatic rings. The van der Waals surface area contributed by atoms with Crippen molar-refractivity contribution in [3.63, 3.8) is 0 Å². The van der Waals surface area contributed by atoms with Crippen LogP contribution in [0, 0.1) is 0 Å². The first-order valence-electron chi connectivity index (χ1n) is 9.77. The Balaban J connectivity index is 1.32. The highest BCUT2D eigenvalue weighted by atomic mass is 19.4. The van der Waals surface area contributed by atoms with Gasteiger partial charge in [0.15, 0.2) is 5.65 Å². The van der Waals surface area contributed by atoms with Gasteiger partial charge in [-0.2, -0.15) is 23.4 Å². The van der Waals surface area contributed by atoms with Gasteiger partial charge in [0.05, 0.1) is 37.1 Å². The fraction of sp³-hybridized carbons (Fsp3) is 0.421. The minimum atomic E-state index is -4.36. The number of rotatable bonds is 8. The zero-order chi connectivity index (χ0) is 22.0. The van der Waals surface area contributed by atoms with E-state index in [1.807, 2.05) is 0 Å². The lowest BCUT2D eigenvalue weighted by atomic mass is 10.2. The van der Waals surface area contributed by atoms with E-state index >= 15 is 0 Å². The van der Waals surface area contributed by atoms with Crippen LogP contribution in [0.25, 0.3) is 5.65 Å². The predicted molar refractivity (Wildman–Crippen MR) is 102 cm³/mol. The van der Waals surface area contributed by atoms with Crippen LogP contribution in [-0.4, -0.2) is 42.4 Å². The normalized spacial score (nSPS) is 14.0. The number of aromatic nitrogens is 5.